The zero-order valence-electron chi connectivity index (χ0n) is 11.0. The first-order valence-corrected chi connectivity index (χ1v) is 6.57. The van der Waals surface area contributed by atoms with Crippen molar-refractivity contribution in [3.8, 4) is 0 Å². The van der Waals surface area contributed by atoms with Gasteiger partial charge in [0.2, 0.25) is 5.89 Å². The Hall–Kier alpha value is -1.47. The highest BCUT2D eigenvalue weighted by molar-refractivity contribution is 5.72. The fraction of sp³-hybridized carbons (Fsp3) is 0.750. The summed E-state index contributed by atoms with van der Waals surface area (Å²) >= 11 is 0. The number of aliphatic carboxylic acids is 1. The van der Waals surface area contributed by atoms with Crippen LogP contribution in [-0.2, 0) is 22.5 Å². The molecular formula is C12H19N3O4. The molecular weight excluding hydrogens is 250 g/mol. The number of nitrogens with zero attached hydrogens (tertiary/aromatic N) is 3. The molecule has 0 radical (unpaired) electrons. The largest absolute Gasteiger partial charge is 0.479 e. The maximum absolute atomic E-state index is 10.9. The number of carbonyl (C=O) groups is 1. The van der Waals surface area contributed by atoms with Crippen LogP contribution >= 0.6 is 0 Å². The summed E-state index contributed by atoms with van der Waals surface area (Å²) in [6, 6.07) is 0. The van der Waals surface area contributed by atoms with Crippen molar-refractivity contribution in [2.75, 3.05) is 19.7 Å². The molecule has 0 aromatic carbocycles. The number of carboxylic acid groups (broad SMARTS) is 1. The van der Waals surface area contributed by atoms with Gasteiger partial charge in [-0.1, -0.05) is 18.5 Å². The van der Waals surface area contributed by atoms with Gasteiger partial charge in [-0.3, -0.25) is 4.90 Å². The van der Waals surface area contributed by atoms with E-state index in [-0.39, 0.29) is 0 Å². The molecule has 1 unspecified atom stereocenters. The minimum Gasteiger partial charge on any atom is -0.479 e. The Labute approximate surface area is 111 Å². The number of aryl methyl sites for hydroxylation is 1. The SMILES string of the molecule is CCCCc1noc(CN2CCOC(C(=O)O)C2)n1. The van der Waals surface area contributed by atoms with Crippen LogP contribution in [0.2, 0.25) is 0 Å². The Kier molecular flexibility index (Phi) is 4.86. The van der Waals surface area contributed by atoms with Crippen LogP contribution in [0.1, 0.15) is 31.5 Å². The topological polar surface area (TPSA) is 88.7 Å². The predicted octanol–water partition coefficient (Wildman–Crippen LogP) is 0.698. The zero-order valence-corrected chi connectivity index (χ0v) is 11.0. The number of unbranched alkanes of at least 4 members (excludes halogenated alkanes) is 1. The van der Waals surface area contributed by atoms with Crippen LogP contribution in [0.5, 0.6) is 0 Å². The first-order chi connectivity index (χ1) is 9.19. The molecule has 1 aromatic rings. The van der Waals surface area contributed by atoms with Crippen molar-refractivity contribution in [2.45, 2.75) is 38.8 Å². The maximum atomic E-state index is 10.9. The number of morpholine rings is 1. The summed E-state index contributed by atoms with van der Waals surface area (Å²) in [6.07, 6.45) is 2.18. The van der Waals surface area contributed by atoms with Gasteiger partial charge in [-0.25, -0.2) is 4.79 Å². The quantitative estimate of drug-likeness (QED) is 0.813. The van der Waals surface area contributed by atoms with Gasteiger partial charge in [-0.15, -0.1) is 0 Å². The van der Waals surface area contributed by atoms with E-state index in [0.29, 0.717) is 32.1 Å². The van der Waals surface area contributed by atoms with Crippen LogP contribution in [0.15, 0.2) is 4.52 Å². The van der Waals surface area contributed by atoms with E-state index in [9.17, 15) is 4.79 Å². The lowest BCUT2D eigenvalue weighted by Gasteiger charge is -2.29. The molecule has 19 heavy (non-hydrogen) atoms. The second-order valence-electron chi connectivity index (χ2n) is 4.64. The second kappa shape index (κ2) is 6.63. The van der Waals surface area contributed by atoms with Gasteiger partial charge in [0.25, 0.3) is 0 Å². The molecule has 1 aromatic heterocycles. The number of hydrogen-bond donors (Lipinski definition) is 1. The molecule has 1 aliphatic rings. The molecule has 1 atom stereocenters. The van der Waals surface area contributed by atoms with Crippen molar-refractivity contribution in [2.24, 2.45) is 0 Å². The van der Waals surface area contributed by atoms with Crippen LogP contribution in [-0.4, -0.2) is 51.9 Å². The normalized spacial score (nSPS) is 20.6. The molecule has 1 N–H and O–H groups in total. The summed E-state index contributed by atoms with van der Waals surface area (Å²) in [7, 11) is 0. The molecule has 106 valence electrons. The lowest BCUT2D eigenvalue weighted by atomic mass is 10.2. The summed E-state index contributed by atoms with van der Waals surface area (Å²) < 4.78 is 10.3. The summed E-state index contributed by atoms with van der Waals surface area (Å²) in [5.41, 5.74) is 0. The Morgan fingerprint density at radius 1 is 1.58 bits per heavy atom. The third-order valence-electron chi connectivity index (χ3n) is 3.05. The number of carboxylic acids is 1. The van der Waals surface area contributed by atoms with Gasteiger partial charge in [0.05, 0.1) is 13.2 Å². The average Bonchev–Trinajstić information content (AvgIpc) is 2.84. The Bertz CT molecular complexity index is 421. The van der Waals surface area contributed by atoms with Gasteiger partial charge in [0.1, 0.15) is 0 Å². The van der Waals surface area contributed by atoms with Gasteiger partial charge in [-0.2, -0.15) is 4.98 Å². The molecule has 0 amide bonds. The minimum absolute atomic E-state index is 0.349. The molecule has 7 nitrogen and oxygen atoms in total. The van der Waals surface area contributed by atoms with Crippen LogP contribution in [0.3, 0.4) is 0 Å². The molecule has 2 heterocycles. The highest BCUT2D eigenvalue weighted by Crippen LogP contribution is 2.10. The molecule has 2 rings (SSSR count). The first-order valence-electron chi connectivity index (χ1n) is 6.57. The molecule has 1 aliphatic heterocycles. The Balaban J connectivity index is 1.86. The van der Waals surface area contributed by atoms with Gasteiger partial charge < -0.3 is 14.4 Å². The zero-order chi connectivity index (χ0) is 13.7. The van der Waals surface area contributed by atoms with E-state index >= 15 is 0 Å². The van der Waals surface area contributed by atoms with Crippen molar-refractivity contribution in [1.82, 2.24) is 15.0 Å². The molecule has 0 bridgehead atoms. The van der Waals surface area contributed by atoms with Gasteiger partial charge in [0.15, 0.2) is 11.9 Å². The second-order valence-corrected chi connectivity index (χ2v) is 4.64. The minimum atomic E-state index is -0.932. The summed E-state index contributed by atoms with van der Waals surface area (Å²) in [6.45, 7) is 4.03. The van der Waals surface area contributed by atoms with E-state index in [1.54, 1.807) is 0 Å². The smallest absolute Gasteiger partial charge is 0.334 e. The van der Waals surface area contributed by atoms with E-state index in [1.165, 1.54) is 0 Å². The molecule has 0 spiro atoms. The molecule has 1 fully saturated rings. The Morgan fingerprint density at radius 2 is 2.42 bits per heavy atom. The average molecular weight is 269 g/mol. The summed E-state index contributed by atoms with van der Waals surface area (Å²) in [4.78, 5) is 17.1. The fourth-order valence-electron chi connectivity index (χ4n) is 1.98. The maximum Gasteiger partial charge on any atom is 0.334 e. The van der Waals surface area contributed by atoms with Crippen molar-refractivity contribution >= 4 is 5.97 Å². The fourth-order valence-corrected chi connectivity index (χ4v) is 1.98. The lowest BCUT2D eigenvalue weighted by molar-refractivity contribution is -0.156. The molecule has 0 aliphatic carbocycles. The van der Waals surface area contributed by atoms with E-state index in [2.05, 4.69) is 17.1 Å². The monoisotopic (exact) mass is 269 g/mol. The van der Waals surface area contributed by atoms with Crippen LogP contribution < -0.4 is 0 Å². The Morgan fingerprint density at radius 3 is 3.16 bits per heavy atom. The van der Waals surface area contributed by atoms with Gasteiger partial charge in [0, 0.05) is 19.5 Å². The lowest BCUT2D eigenvalue weighted by Crippen LogP contribution is -2.45. The number of ether oxygens (including phenoxy) is 1. The van der Waals surface area contributed by atoms with E-state index < -0.39 is 12.1 Å². The molecule has 7 heteroatoms. The number of hydrogen-bond acceptors (Lipinski definition) is 6. The summed E-state index contributed by atoms with van der Waals surface area (Å²) in [5.74, 6) is 0.330. The van der Waals surface area contributed by atoms with Crippen molar-refractivity contribution in [3.05, 3.63) is 11.7 Å². The third kappa shape index (κ3) is 4.00. The van der Waals surface area contributed by atoms with E-state index in [4.69, 9.17) is 14.4 Å². The highest BCUT2D eigenvalue weighted by atomic mass is 16.5. The van der Waals surface area contributed by atoms with Crippen LogP contribution in [0, 0.1) is 0 Å². The summed E-state index contributed by atoms with van der Waals surface area (Å²) in [5, 5.41) is 12.8. The van der Waals surface area contributed by atoms with Crippen molar-refractivity contribution < 1.29 is 19.2 Å². The third-order valence-corrected chi connectivity index (χ3v) is 3.05. The van der Waals surface area contributed by atoms with Gasteiger partial charge in [-0.05, 0) is 6.42 Å². The van der Waals surface area contributed by atoms with Crippen molar-refractivity contribution in [3.63, 3.8) is 0 Å². The number of rotatable bonds is 6. The van der Waals surface area contributed by atoms with E-state index in [0.717, 1.165) is 25.1 Å². The predicted molar refractivity (Wildman–Crippen MR) is 65.6 cm³/mol. The number of aromatic nitrogens is 2. The van der Waals surface area contributed by atoms with Crippen LogP contribution in [0.4, 0.5) is 0 Å². The highest BCUT2D eigenvalue weighted by Gasteiger charge is 2.27. The molecule has 0 saturated carbocycles. The van der Waals surface area contributed by atoms with E-state index in [1.807, 2.05) is 4.90 Å². The van der Waals surface area contributed by atoms with Gasteiger partial charge >= 0.3 is 5.97 Å². The first kappa shape index (κ1) is 14.0. The standard InChI is InChI=1S/C12H19N3O4/c1-2-3-4-10-13-11(19-14-10)8-15-5-6-18-9(7-15)12(16)17/h9H,2-8H2,1H3,(H,16,17). The van der Waals surface area contributed by atoms with Crippen molar-refractivity contribution in [1.29, 1.82) is 0 Å². The van der Waals surface area contributed by atoms with Crippen LogP contribution in [0.25, 0.3) is 0 Å². The molecule has 1 saturated heterocycles.